The Labute approximate surface area is 153 Å². The van der Waals surface area contributed by atoms with Gasteiger partial charge in [-0.25, -0.2) is 10.1 Å². The Morgan fingerprint density at radius 3 is 2.84 bits per heavy atom. The molecule has 25 heavy (non-hydrogen) atoms. The van der Waals surface area contributed by atoms with Crippen molar-refractivity contribution in [2.75, 3.05) is 0 Å². The molecule has 0 saturated carbocycles. The van der Waals surface area contributed by atoms with Gasteiger partial charge >= 0.3 is 0 Å². The third-order valence-corrected chi connectivity index (χ3v) is 5.29. The van der Waals surface area contributed by atoms with Crippen molar-refractivity contribution in [3.8, 4) is 11.4 Å². The maximum Gasteiger partial charge on any atom is 0.216 e. The summed E-state index contributed by atoms with van der Waals surface area (Å²) in [5.74, 6) is 0.694. The molecule has 0 aliphatic heterocycles. The average Bonchev–Trinajstić information content (AvgIpc) is 3.22. The fourth-order valence-corrected chi connectivity index (χ4v) is 3.88. The van der Waals surface area contributed by atoms with Gasteiger partial charge in [0.2, 0.25) is 4.77 Å². The molecule has 1 aromatic carbocycles. The SMILES string of the molecule is Cc1ccccc1-c1n[nH]c(=S)n1/N=C/c1c(C)nc2scc(C)n12. The number of nitrogens with one attached hydrogen (secondary N) is 1. The van der Waals surface area contributed by atoms with E-state index in [1.54, 1.807) is 22.2 Å². The average molecular weight is 368 g/mol. The lowest BCUT2D eigenvalue weighted by Gasteiger charge is -2.04. The molecule has 0 unspecified atom stereocenters. The predicted molar refractivity (Wildman–Crippen MR) is 103 cm³/mol. The number of fused-ring (bicyclic) bond motifs is 1. The van der Waals surface area contributed by atoms with Crippen LogP contribution in [0.25, 0.3) is 16.3 Å². The molecule has 1 N–H and O–H groups in total. The van der Waals surface area contributed by atoms with E-state index in [9.17, 15) is 0 Å². The Bertz CT molecular complexity index is 1160. The minimum absolute atomic E-state index is 0.454. The predicted octanol–water partition coefficient (Wildman–Crippen LogP) is 4.12. The maximum absolute atomic E-state index is 5.36. The van der Waals surface area contributed by atoms with Gasteiger partial charge in [-0.2, -0.15) is 14.9 Å². The molecule has 4 aromatic rings. The number of aryl methyl sites for hydroxylation is 3. The molecule has 0 aliphatic rings. The summed E-state index contributed by atoms with van der Waals surface area (Å²) in [4.78, 5) is 5.55. The lowest BCUT2D eigenvalue weighted by atomic mass is 10.1. The molecule has 0 spiro atoms. The van der Waals surface area contributed by atoms with Gasteiger partial charge in [0.15, 0.2) is 10.8 Å². The van der Waals surface area contributed by atoms with Crippen LogP contribution in [0.2, 0.25) is 0 Å². The molecule has 0 atom stereocenters. The second-order valence-corrected chi connectivity index (χ2v) is 7.02. The molecule has 0 amide bonds. The third kappa shape index (κ3) is 2.63. The van der Waals surface area contributed by atoms with Crippen molar-refractivity contribution >= 4 is 34.7 Å². The van der Waals surface area contributed by atoms with Crippen LogP contribution in [0.1, 0.15) is 22.6 Å². The number of thiazole rings is 1. The molecule has 0 saturated heterocycles. The van der Waals surface area contributed by atoms with Gasteiger partial charge < -0.3 is 0 Å². The summed E-state index contributed by atoms with van der Waals surface area (Å²) in [6, 6.07) is 8.03. The summed E-state index contributed by atoms with van der Waals surface area (Å²) in [5.41, 5.74) is 5.13. The molecule has 6 nitrogen and oxygen atoms in total. The summed E-state index contributed by atoms with van der Waals surface area (Å²) in [6.45, 7) is 6.09. The monoisotopic (exact) mass is 368 g/mol. The van der Waals surface area contributed by atoms with Crippen LogP contribution in [-0.4, -0.2) is 30.5 Å². The molecule has 0 aliphatic carbocycles. The summed E-state index contributed by atoms with van der Waals surface area (Å²) in [5, 5.41) is 13.9. The molecule has 0 bridgehead atoms. The van der Waals surface area contributed by atoms with E-state index in [0.29, 0.717) is 10.6 Å². The van der Waals surface area contributed by atoms with Gasteiger partial charge in [-0.05, 0) is 38.6 Å². The van der Waals surface area contributed by atoms with Crippen molar-refractivity contribution in [2.45, 2.75) is 20.8 Å². The fraction of sp³-hybridized carbons (Fsp3) is 0.176. The van der Waals surface area contributed by atoms with Gasteiger partial charge in [-0.15, -0.1) is 11.3 Å². The zero-order valence-electron chi connectivity index (χ0n) is 14.0. The first-order valence-corrected chi connectivity index (χ1v) is 9.06. The van der Waals surface area contributed by atoms with Crippen LogP contribution in [0, 0.1) is 25.5 Å². The van der Waals surface area contributed by atoms with Crippen LogP contribution in [0.15, 0.2) is 34.7 Å². The minimum atomic E-state index is 0.454. The number of rotatable bonds is 3. The zero-order chi connectivity index (χ0) is 17.6. The first-order valence-electron chi connectivity index (χ1n) is 7.77. The molecule has 3 heterocycles. The highest BCUT2D eigenvalue weighted by Gasteiger charge is 2.13. The first-order chi connectivity index (χ1) is 12.1. The van der Waals surface area contributed by atoms with E-state index in [2.05, 4.69) is 37.0 Å². The summed E-state index contributed by atoms with van der Waals surface area (Å²) < 4.78 is 4.20. The van der Waals surface area contributed by atoms with Gasteiger partial charge in [0, 0.05) is 16.6 Å². The van der Waals surface area contributed by atoms with Crippen molar-refractivity contribution in [3.05, 3.63) is 57.1 Å². The van der Waals surface area contributed by atoms with Crippen molar-refractivity contribution in [3.63, 3.8) is 0 Å². The minimum Gasteiger partial charge on any atom is -0.286 e. The topological polar surface area (TPSA) is 63.3 Å². The van der Waals surface area contributed by atoms with E-state index in [1.807, 2.05) is 38.1 Å². The number of imidazole rings is 1. The van der Waals surface area contributed by atoms with Gasteiger partial charge in [0.1, 0.15) is 0 Å². The molecule has 4 rings (SSSR count). The highest BCUT2D eigenvalue weighted by molar-refractivity contribution is 7.71. The molecule has 0 radical (unpaired) electrons. The van der Waals surface area contributed by atoms with E-state index in [0.717, 1.165) is 33.2 Å². The number of hydrogen-bond acceptors (Lipinski definition) is 5. The molecule has 3 aromatic heterocycles. The van der Waals surface area contributed by atoms with E-state index >= 15 is 0 Å². The largest absolute Gasteiger partial charge is 0.286 e. The van der Waals surface area contributed by atoms with Gasteiger partial charge in [-0.1, -0.05) is 24.3 Å². The van der Waals surface area contributed by atoms with Crippen LogP contribution >= 0.6 is 23.6 Å². The third-order valence-electron chi connectivity index (χ3n) is 4.09. The van der Waals surface area contributed by atoms with Crippen molar-refractivity contribution in [1.82, 2.24) is 24.3 Å². The van der Waals surface area contributed by atoms with E-state index in [1.165, 1.54) is 0 Å². The Kier molecular flexibility index (Phi) is 3.85. The molecular weight excluding hydrogens is 352 g/mol. The van der Waals surface area contributed by atoms with Gasteiger partial charge in [0.25, 0.3) is 0 Å². The first kappa shape index (κ1) is 15.9. The zero-order valence-corrected chi connectivity index (χ0v) is 15.6. The van der Waals surface area contributed by atoms with Crippen LogP contribution in [0.5, 0.6) is 0 Å². The number of hydrogen-bond donors (Lipinski definition) is 1. The van der Waals surface area contributed by atoms with Crippen molar-refractivity contribution < 1.29 is 0 Å². The maximum atomic E-state index is 5.36. The highest BCUT2D eigenvalue weighted by atomic mass is 32.1. The Morgan fingerprint density at radius 1 is 1.24 bits per heavy atom. The number of nitrogens with zero attached hydrogens (tertiary/aromatic N) is 5. The fourth-order valence-electron chi connectivity index (χ4n) is 2.79. The van der Waals surface area contributed by atoms with Crippen molar-refractivity contribution in [2.24, 2.45) is 5.10 Å². The Hall–Kier alpha value is -2.58. The van der Waals surface area contributed by atoms with Crippen LogP contribution < -0.4 is 0 Å². The number of aromatic nitrogens is 5. The highest BCUT2D eigenvalue weighted by Crippen LogP contribution is 2.22. The lowest BCUT2D eigenvalue weighted by Crippen LogP contribution is -1.99. The van der Waals surface area contributed by atoms with E-state index in [4.69, 9.17) is 12.2 Å². The molecule has 0 fully saturated rings. The normalized spacial score (nSPS) is 11.8. The summed E-state index contributed by atoms with van der Waals surface area (Å²) in [7, 11) is 0. The summed E-state index contributed by atoms with van der Waals surface area (Å²) in [6.07, 6.45) is 1.79. The Morgan fingerprint density at radius 2 is 2.04 bits per heavy atom. The number of benzene rings is 1. The molecule has 8 heteroatoms. The summed E-state index contributed by atoms with van der Waals surface area (Å²) >= 11 is 6.98. The molecular formula is C17H16N6S2. The number of aromatic amines is 1. The Balaban J connectivity index is 1.84. The van der Waals surface area contributed by atoms with E-state index < -0.39 is 0 Å². The second kappa shape index (κ2) is 6.05. The standard InChI is InChI=1S/C17H16N6S2/c1-10-6-4-5-7-13(10)15-20-21-16(24)23(15)18-8-14-12(3)19-17-22(14)11(2)9-25-17/h4-9H,1-3H3,(H,21,24)/b18-8+. The van der Waals surface area contributed by atoms with Gasteiger partial charge in [0.05, 0.1) is 17.6 Å². The number of H-pyrrole nitrogens is 1. The van der Waals surface area contributed by atoms with Crippen molar-refractivity contribution in [1.29, 1.82) is 0 Å². The smallest absolute Gasteiger partial charge is 0.216 e. The second-order valence-electron chi connectivity index (χ2n) is 5.80. The van der Waals surface area contributed by atoms with Crippen LogP contribution in [0.4, 0.5) is 0 Å². The van der Waals surface area contributed by atoms with E-state index in [-0.39, 0.29) is 0 Å². The van der Waals surface area contributed by atoms with Gasteiger partial charge in [-0.3, -0.25) is 4.40 Å². The van der Waals surface area contributed by atoms with Crippen LogP contribution in [0.3, 0.4) is 0 Å². The molecule has 126 valence electrons. The lowest BCUT2D eigenvalue weighted by molar-refractivity contribution is 0.868. The van der Waals surface area contributed by atoms with Crippen LogP contribution in [-0.2, 0) is 0 Å². The quantitative estimate of drug-likeness (QED) is 0.437.